The van der Waals surface area contributed by atoms with Crippen molar-refractivity contribution in [1.82, 2.24) is 4.90 Å². The topological polar surface area (TPSA) is 3.24 Å². The van der Waals surface area contributed by atoms with E-state index < -0.39 is 0 Å². The van der Waals surface area contributed by atoms with Crippen molar-refractivity contribution in [2.45, 2.75) is 52.4 Å². The van der Waals surface area contributed by atoms with Crippen molar-refractivity contribution in [1.29, 1.82) is 0 Å². The van der Waals surface area contributed by atoms with Crippen molar-refractivity contribution in [3.8, 4) is 0 Å². The first-order chi connectivity index (χ1) is 7.24. The molecule has 88 valence electrons. The summed E-state index contributed by atoms with van der Waals surface area (Å²) in [6.45, 7) is 8.83. The van der Waals surface area contributed by atoms with Crippen molar-refractivity contribution in [2.24, 2.45) is 17.8 Å². The highest BCUT2D eigenvalue weighted by molar-refractivity contribution is 4.78. The van der Waals surface area contributed by atoms with Gasteiger partial charge in [0, 0.05) is 19.6 Å². The van der Waals surface area contributed by atoms with E-state index in [0.29, 0.717) is 0 Å². The van der Waals surface area contributed by atoms with Crippen LogP contribution in [0.25, 0.3) is 0 Å². The lowest BCUT2D eigenvalue weighted by Gasteiger charge is -2.37. The van der Waals surface area contributed by atoms with E-state index in [4.69, 9.17) is 0 Å². The molecule has 0 radical (unpaired) electrons. The molecule has 1 nitrogen and oxygen atoms in total. The Morgan fingerprint density at radius 3 is 1.67 bits per heavy atom. The van der Waals surface area contributed by atoms with Gasteiger partial charge in [-0.2, -0.15) is 0 Å². The van der Waals surface area contributed by atoms with E-state index in [0.717, 1.165) is 17.8 Å². The van der Waals surface area contributed by atoms with Crippen LogP contribution in [0.1, 0.15) is 52.4 Å². The first kappa shape index (κ1) is 11.4. The van der Waals surface area contributed by atoms with Gasteiger partial charge in [0.25, 0.3) is 0 Å². The van der Waals surface area contributed by atoms with Crippen LogP contribution < -0.4 is 0 Å². The van der Waals surface area contributed by atoms with Gasteiger partial charge in [-0.15, -0.1) is 0 Å². The first-order valence-corrected chi connectivity index (χ1v) is 6.96. The van der Waals surface area contributed by atoms with Gasteiger partial charge in [-0.05, 0) is 43.4 Å². The molecule has 2 aliphatic rings. The van der Waals surface area contributed by atoms with Crippen molar-refractivity contribution in [3.63, 3.8) is 0 Å². The van der Waals surface area contributed by atoms with Crippen molar-refractivity contribution >= 4 is 0 Å². The lowest BCUT2D eigenvalue weighted by atomic mass is 9.82. The molecule has 0 aromatic heterocycles. The molecule has 0 bridgehead atoms. The molecule has 2 aliphatic carbocycles. The Bertz CT molecular complexity index is 164. The highest BCUT2D eigenvalue weighted by Crippen LogP contribution is 2.30. The number of nitrogens with zero attached hydrogens (tertiary/aromatic N) is 1. The quantitative estimate of drug-likeness (QED) is 0.646. The summed E-state index contributed by atoms with van der Waals surface area (Å²) in [6.07, 6.45) is 8.98. The second-order valence-electron chi connectivity index (χ2n) is 6.21. The zero-order valence-corrected chi connectivity index (χ0v) is 10.5. The van der Waals surface area contributed by atoms with Crippen LogP contribution in [0.5, 0.6) is 0 Å². The molecule has 1 heteroatoms. The minimum absolute atomic E-state index is 0.838. The van der Waals surface area contributed by atoms with E-state index in [1.54, 1.807) is 0 Å². The molecule has 15 heavy (non-hydrogen) atoms. The minimum Gasteiger partial charge on any atom is -0.303 e. The zero-order valence-electron chi connectivity index (χ0n) is 10.5. The summed E-state index contributed by atoms with van der Waals surface area (Å²) in [5.41, 5.74) is 0. The largest absolute Gasteiger partial charge is 0.303 e. The lowest BCUT2D eigenvalue weighted by Crippen LogP contribution is -2.39. The third-order valence-electron chi connectivity index (χ3n) is 4.11. The normalized spacial score (nSPS) is 23.2. The summed E-state index contributed by atoms with van der Waals surface area (Å²) in [4.78, 5) is 2.76. The average molecular weight is 209 g/mol. The molecule has 0 atom stereocenters. The maximum absolute atomic E-state index is 2.76. The van der Waals surface area contributed by atoms with Gasteiger partial charge in [0.1, 0.15) is 0 Å². The van der Waals surface area contributed by atoms with Crippen molar-refractivity contribution in [3.05, 3.63) is 0 Å². The Hall–Kier alpha value is -0.0400. The Balaban J connectivity index is 1.72. The Kier molecular flexibility index (Phi) is 4.07. The van der Waals surface area contributed by atoms with Crippen LogP contribution in [0.2, 0.25) is 0 Å². The molecule has 2 saturated carbocycles. The van der Waals surface area contributed by atoms with Gasteiger partial charge >= 0.3 is 0 Å². The van der Waals surface area contributed by atoms with E-state index in [-0.39, 0.29) is 0 Å². The summed E-state index contributed by atoms with van der Waals surface area (Å²) >= 11 is 0. The molecular weight excluding hydrogens is 182 g/mol. The van der Waals surface area contributed by atoms with Gasteiger partial charge < -0.3 is 4.90 Å². The van der Waals surface area contributed by atoms with Gasteiger partial charge in [-0.1, -0.05) is 26.7 Å². The smallest absolute Gasteiger partial charge is 0.000988 e. The van der Waals surface area contributed by atoms with Crippen molar-refractivity contribution < 1.29 is 0 Å². The summed E-state index contributed by atoms with van der Waals surface area (Å²) in [5.74, 6) is 2.93. The van der Waals surface area contributed by atoms with Crippen molar-refractivity contribution in [2.75, 3.05) is 19.6 Å². The monoisotopic (exact) mass is 209 g/mol. The maximum atomic E-state index is 2.76. The van der Waals surface area contributed by atoms with Gasteiger partial charge in [-0.3, -0.25) is 0 Å². The fourth-order valence-corrected chi connectivity index (χ4v) is 2.82. The van der Waals surface area contributed by atoms with Crippen LogP contribution >= 0.6 is 0 Å². The third kappa shape index (κ3) is 3.48. The highest BCUT2D eigenvalue weighted by atomic mass is 15.1. The Morgan fingerprint density at radius 1 is 0.933 bits per heavy atom. The molecule has 2 rings (SSSR count). The summed E-state index contributed by atoms with van der Waals surface area (Å²) in [5, 5.41) is 0. The molecule has 2 fully saturated rings. The standard InChI is InChI=1S/C14H27N/c1-12(2)9-15(10-13-5-3-6-13)11-14-7-4-8-14/h12-14H,3-11H2,1-2H3. The van der Waals surface area contributed by atoms with E-state index in [9.17, 15) is 0 Å². The maximum Gasteiger partial charge on any atom is 0.000988 e. The Morgan fingerprint density at radius 2 is 1.40 bits per heavy atom. The molecule has 0 spiro atoms. The fraction of sp³-hybridized carbons (Fsp3) is 1.00. The lowest BCUT2D eigenvalue weighted by molar-refractivity contribution is 0.120. The second-order valence-corrected chi connectivity index (χ2v) is 6.21. The van der Waals surface area contributed by atoms with Gasteiger partial charge in [0.2, 0.25) is 0 Å². The fourth-order valence-electron chi connectivity index (χ4n) is 2.82. The minimum atomic E-state index is 0.838. The van der Waals surface area contributed by atoms with E-state index in [1.807, 2.05) is 0 Å². The number of hydrogen-bond acceptors (Lipinski definition) is 1. The SMILES string of the molecule is CC(C)CN(CC1CCC1)CC1CCC1. The average Bonchev–Trinajstić information content (AvgIpc) is 2.02. The molecular formula is C14H27N. The molecule has 0 heterocycles. The summed E-state index contributed by atoms with van der Waals surface area (Å²) < 4.78 is 0. The van der Waals surface area contributed by atoms with E-state index >= 15 is 0 Å². The molecule has 0 amide bonds. The predicted octanol–water partition coefficient (Wildman–Crippen LogP) is 3.54. The van der Waals surface area contributed by atoms with Crippen LogP contribution in [-0.2, 0) is 0 Å². The zero-order chi connectivity index (χ0) is 10.7. The van der Waals surface area contributed by atoms with Crippen LogP contribution in [-0.4, -0.2) is 24.5 Å². The highest BCUT2D eigenvalue weighted by Gasteiger charge is 2.25. The number of hydrogen-bond donors (Lipinski definition) is 0. The molecule has 0 aliphatic heterocycles. The van der Waals surface area contributed by atoms with Crippen LogP contribution in [0.15, 0.2) is 0 Å². The molecule has 0 aromatic rings. The van der Waals surface area contributed by atoms with Gasteiger partial charge in [-0.25, -0.2) is 0 Å². The van der Waals surface area contributed by atoms with E-state index in [1.165, 1.54) is 58.2 Å². The van der Waals surface area contributed by atoms with Crippen LogP contribution in [0, 0.1) is 17.8 Å². The van der Waals surface area contributed by atoms with E-state index in [2.05, 4.69) is 18.7 Å². The predicted molar refractivity (Wildman–Crippen MR) is 66.0 cm³/mol. The Labute approximate surface area is 95.2 Å². The van der Waals surface area contributed by atoms with Gasteiger partial charge in [0.15, 0.2) is 0 Å². The molecule has 0 saturated heterocycles. The molecule has 0 unspecified atom stereocenters. The van der Waals surface area contributed by atoms with Crippen LogP contribution in [0.3, 0.4) is 0 Å². The first-order valence-electron chi connectivity index (χ1n) is 6.96. The third-order valence-corrected chi connectivity index (χ3v) is 4.11. The summed E-state index contributed by atoms with van der Waals surface area (Å²) in [6, 6.07) is 0. The number of rotatable bonds is 6. The van der Waals surface area contributed by atoms with Gasteiger partial charge in [0.05, 0.1) is 0 Å². The second kappa shape index (κ2) is 5.34. The summed E-state index contributed by atoms with van der Waals surface area (Å²) in [7, 11) is 0. The molecule has 0 N–H and O–H groups in total. The molecule has 0 aromatic carbocycles. The van der Waals surface area contributed by atoms with Crippen LogP contribution in [0.4, 0.5) is 0 Å².